The van der Waals surface area contributed by atoms with Gasteiger partial charge in [0.2, 0.25) is 0 Å². The maximum atomic E-state index is 5.24. The Morgan fingerprint density at radius 3 is 2.50 bits per heavy atom. The van der Waals surface area contributed by atoms with Crippen molar-refractivity contribution in [1.82, 2.24) is 9.97 Å². The van der Waals surface area contributed by atoms with E-state index in [4.69, 9.17) is 4.74 Å². The number of hydrogen-bond acceptors (Lipinski definition) is 4. The van der Waals surface area contributed by atoms with E-state index >= 15 is 0 Å². The standard InChI is InChI=1S/C15H18BrN3O/c1-9(2)12-8-14(17-3)19-15(18-12)10-5-6-13(20-4)11(16)7-10/h5-9H,1-4H3,(H,17,18,19). The second-order valence-electron chi connectivity index (χ2n) is 4.76. The Labute approximate surface area is 127 Å². The first-order valence-electron chi connectivity index (χ1n) is 6.45. The van der Waals surface area contributed by atoms with Crippen LogP contribution in [0, 0.1) is 0 Å². The highest BCUT2D eigenvalue weighted by Crippen LogP contribution is 2.30. The van der Waals surface area contributed by atoms with Crippen LogP contribution in [0.25, 0.3) is 11.4 Å². The molecule has 0 unspecified atom stereocenters. The van der Waals surface area contributed by atoms with Gasteiger partial charge in [0.05, 0.1) is 11.6 Å². The predicted molar refractivity (Wildman–Crippen MR) is 85.4 cm³/mol. The normalized spacial score (nSPS) is 10.7. The Balaban J connectivity index is 2.51. The molecule has 0 saturated heterocycles. The summed E-state index contributed by atoms with van der Waals surface area (Å²) >= 11 is 3.49. The fourth-order valence-corrected chi connectivity index (χ4v) is 2.37. The number of benzene rings is 1. The molecule has 1 heterocycles. The minimum atomic E-state index is 0.352. The van der Waals surface area contributed by atoms with Crippen LogP contribution >= 0.6 is 15.9 Å². The first kappa shape index (κ1) is 14.8. The average Bonchev–Trinajstić information content (AvgIpc) is 2.46. The van der Waals surface area contributed by atoms with Crippen molar-refractivity contribution in [2.24, 2.45) is 0 Å². The zero-order valence-electron chi connectivity index (χ0n) is 12.1. The van der Waals surface area contributed by atoms with Gasteiger partial charge in [-0.05, 0) is 40.0 Å². The molecule has 0 aliphatic rings. The molecule has 0 aliphatic carbocycles. The average molecular weight is 336 g/mol. The number of halogens is 1. The van der Waals surface area contributed by atoms with Crippen molar-refractivity contribution in [1.29, 1.82) is 0 Å². The minimum Gasteiger partial charge on any atom is -0.496 e. The molecule has 0 radical (unpaired) electrons. The molecule has 1 aromatic heterocycles. The Morgan fingerprint density at radius 1 is 1.20 bits per heavy atom. The van der Waals surface area contributed by atoms with Gasteiger partial charge in [0.25, 0.3) is 0 Å². The number of aromatic nitrogens is 2. The summed E-state index contributed by atoms with van der Waals surface area (Å²) in [4.78, 5) is 9.15. The molecule has 106 valence electrons. The summed E-state index contributed by atoms with van der Waals surface area (Å²) in [5.74, 6) is 2.68. The van der Waals surface area contributed by atoms with E-state index in [1.54, 1.807) is 7.11 Å². The maximum Gasteiger partial charge on any atom is 0.161 e. The lowest BCUT2D eigenvalue weighted by atomic mass is 10.1. The second-order valence-corrected chi connectivity index (χ2v) is 5.61. The summed E-state index contributed by atoms with van der Waals surface area (Å²) in [5, 5.41) is 3.08. The van der Waals surface area contributed by atoms with Crippen molar-refractivity contribution in [3.05, 3.63) is 34.4 Å². The van der Waals surface area contributed by atoms with E-state index in [9.17, 15) is 0 Å². The smallest absolute Gasteiger partial charge is 0.161 e. The highest BCUT2D eigenvalue weighted by molar-refractivity contribution is 9.10. The predicted octanol–water partition coefficient (Wildman–Crippen LogP) is 4.08. The van der Waals surface area contributed by atoms with Crippen LogP contribution in [-0.4, -0.2) is 24.1 Å². The van der Waals surface area contributed by atoms with Gasteiger partial charge in [-0.25, -0.2) is 9.97 Å². The number of nitrogens with one attached hydrogen (secondary N) is 1. The topological polar surface area (TPSA) is 47.0 Å². The summed E-state index contributed by atoms with van der Waals surface area (Å²) in [6.07, 6.45) is 0. The van der Waals surface area contributed by atoms with Gasteiger partial charge in [-0.2, -0.15) is 0 Å². The third-order valence-electron chi connectivity index (χ3n) is 3.00. The van der Waals surface area contributed by atoms with Gasteiger partial charge < -0.3 is 10.1 Å². The number of ether oxygens (including phenoxy) is 1. The van der Waals surface area contributed by atoms with Crippen LogP contribution in [0.15, 0.2) is 28.7 Å². The van der Waals surface area contributed by atoms with Crippen LogP contribution < -0.4 is 10.1 Å². The van der Waals surface area contributed by atoms with Crippen molar-refractivity contribution in [2.75, 3.05) is 19.5 Å². The molecular formula is C15H18BrN3O. The van der Waals surface area contributed by atoms with Crippen molar-refractivity contribution in [2.45, 2.75) is 19.8 Å². The molecule has 2 aromatic rings. The highest BCUT2D eigenvalue weighted by atomic mass is 79.9. The summed E-state index contributed by atoms with van der Waals surface area (Å²) in [5.41, 5.74) is 1.97. The van der Waals surface area contributed by atoms with Crippen LogP contribution in [0.5, 0.6) is 5.75 Å². The molecule has 1 N–H and O–H groups in total. The van der Waals surface area contributed by atoms with Crippen LogP contribution in [0.2, 0.25) is 0 Å². The van der Waals surface area contributed by atoms with Gasteiger partial charge >= 0.3 is 0 Å². The van der Waals surface area contributed by atoms with E-state index in [0.29, 0.717) is 11.7 Å². The molecule has 0 amide bonds. The van der Waals surface area contributed by atoms with E-state index in [1.807, 2.05) is 31.3 Å². The number of rotatable bonds is 4. The van der Waals surface area contributed by atoms with Crippen molar-refractivity contribution < 1.29 is 4.74 Å². The Bertz CT molecular complexity index is 614. The third kappa shape index (κ3) is 3.10. The Hall–Kier alpha value is -1.62. The first-order chi connectivity index (χ1) is 9.55. The van der Waals surface area contributed by atoms with E-state index < -0.39 is 0 Å². The lowest BCUT2D eigenvalue weighted by Gasteiger charge is -2.11. The molecule has 20 heavy (non-hydrogen) atoms. The summed E-state index contributed by atoms with van der Waals surface area (Å²) in [6.45, 7) is 4.24. The molecule has 0 bridgehead atoms. The maximum absolute atomic E-state index is 5.24. The molecule has 5 heteroatoms. The molecule has 0 fully saturated rings. The van der Waals surface area contributed by atoms with Gasteiger partial charge in [-0.15, -0.1) is 0 Å². The first-order valence-corrected chi connectivity index (χ1v) is 7.25. The van der Waals surface area contributed by atoms with Crippen molar-refractivity contribution in [3.63, 3.8) is 0 Å². The SMILES string of the molecule is CNc1cc(C(C)C)nc(-c2ccc(OC)c(Br)c2)n1. The molecule has 2 rings (SSSR count). The molecule has 0 aliphatic heterocycles. The number of nitrogens with zero attached hydrogens (tertiary/aromatic N) is 2. The van der Waals surface area contributed by atoms with Crippen LogP contribution in [-0.2, 0) is 0 Å². The largest absolute Gasteiger partial charge is 0.496 e. The number of hydrogen-bond donors (Lipinski definition) is 1. The molecule has 0 spiro atoms. The monoisotopic (exact) mass is 335 g/mol. The fourth-order valence-electron chi connectivity index (χ4n) is 1.82. The lowest BCUT2D eigenvalue weighted by Crippen LogP contribution is -2.02. The second kappa shape index (κ2) is 6.22. The van der Waals surface area contributed by atoms with Crippen LogP contribution in [0.3, 0.4) is 0 Å². The quantitative estimate of drug-likeness (QED) is 0.914. The fraction of sp³-hybridized carbons (Fsp3) is 0.333. The zero-order chi connectivity index (χ0) is 14.7. The minimum absolute atomic E-state index is 0.352. The summed E-state index contributed by atoms with van der Waals surface area (Å²) < 4.78 is 6.13. The Morgan fingerprint density at radius 2 is 1.95 bits per heavy atom. The third-order valence-corrected chi connectivity index (χ3v) is 3.62. The molecular weight excluding hydrogens is 318 g/mol. The van der Waals surface area contributed by atoms with Crippen LogP contribution in [0.1, 0.15) is 25.5 Å². The Kier molecular flexibility index (Phi) is 4.60. The lowest BCUT2D eigenvalue weighted by molar-refractivity contribution is 0.412. The summed E-state index contributed by atoms with van der Waals surface area (Å²) in [7, 11) is 3.51. The molecule has 4 nitrogen and oxygen atoms in total. The molecule has 0 saturated carbocycles. The van der Waals surface area contributed by atoms with E-state index in [2.05, 4.69) is 45.1 Å². The van der Waals surface area contributed by atoms with Gasteiger partial charge in [-0.3, -0.25) is 0 Å². The number of methoxy groups -OCH3 is 1. The summed E-state index contributed by atoms with van der Waals surface area (Å²) in [6, 6.07) is 7.82. The number of anilines is 1. The van der Waals surface area contributed by atoms with E-state index in [1.165, 1.54) is 0 Å². The van der Waals surface area contributed by atoms with Gasteiger partial charge in [0.15, 0.2) is 5.82 Å². The molecule has 0 atom stereocenters. The van der Waals surface area contributed by atoms with Crippen molar-refractivity contribution in [3.8, 4) is 17.1 Å². The molecule has 1 aromatic carbocycles. The highest BCUT2D eigenvalue weighted by Gasteiger charge is 2.10. The van der Waals surface area contributed by atoms with Crippen molar-refractivity contribution >= 4 is 21.7 Å². The van der Waals surface area contributed by atoms with E-state index in [-0.39, 0.29) is 0 Å². The zero-order valence-corrected chi connectivity index (χ0v) is 13.7. The van der Waals surface area contributed by atoms with E-state index in [0.717, 1.165) is 27.3 Å². The van der Waals surface area contributed by atoms with Crippen LogP contribution in [0.4, 0.5) is 5.82 Å². The van der Waals surface area contributed by atoms with Gasteiger partial charge in [0.1, 0.15) is 11.6 Å². The van der Waals surface area contributed by atoms with Gasteiger partial charge in [0, 0.05) is 24.4 Å². The van der Waals surface area contributed by atoms with Gasteiger partial charge in [-0.1, -0.05) is 13.8 Å².